The number of ether oxygens (including phenoxy) is 1. The van der Waals surface area contributed by atoms with Gasteiger partial charge >= 0.3 is 6.09 Å². The maximum Gasteiger partial charge on any atom is 0.409 e. The van der Waals surface area contributed by atoms with Crippen molar-refractivity contribution in [1.29, 1.82) is 0 Å². The second-order valence-electron chi connectivity index (χ2n) is 6.55. The lowest BCUT2D eigenvalue weighted by Crippen LogP contribution is -2.53. The second kappa shape index (κ2) is 10.2. The van der Waals surface area contributed by atoms with E-state index < -0.39 is 0 Å². The van der Waals surface area contributed by atoms with Crippen LogP contribution in [0.15, 0.2) is 4.99 Å². The highest BCUT2D eigenvalue weighted by molar-refractivity contribution is 5.80. The summed E-state index contributed by atoms with van der Waals surface area (Å²) in [5.74, 6) is 0.897. The molecule has 1 aliphatic heterocycles. The number of amides is 1. The van der Waals surface area contributed by atoms with E-state index in [9.17, 15) is 4.79 Å². The van der Waals surface area contributed by atoms with Gasteiger partial charge in [0, 0.05) is 51.0 Å². The molecule has 1 N–H and O–H groups in total. The van der Waals surface area contributed by atoms with Gasteiger partial charge in [0.05, 0.1) is 18.8 Å². The summed E-state index contributed by atoms with van der Waals surface area (Å²) < 4.78 is 7.08. The van der Waals surface area contributed by atoms with E-state index in [0.717, 1.165) is 44.1 Å². The van der Waals surface area contributed by atoms with Gasteiger partial charge in [-0.25, -0.2) is 9.79 Å². The van der Waals surface area contributed by atoms with Crippen LogP contribution in [-0.4, -0.2) is 71.0 Å². The van der Waals surface area contributed by atoms with Gasteiger partial charge < -0.3 is 19.9 Å². The zero-order valence-corrected chi connectivity index (χ0v) is 17.4. The summed E-state index contributed by atoms with van der Waals surface area (Å²) in [6.45, 7) is 12.8. The smallest absolute Gasteiger partial charge is 0.409 e. The molecule has 2 heterocycles. The van der Waals surface area contributed by atoms with Crippen LogP contribution < -0.4 is 5.32 Å². The highest BCUT2D eigenvalue weighted by Crippen LogP contribution is 2.17. The lowest BCUT2D eigenvalue weighted by atomic mass is 10.1. The maximum atomic E-state index is 11.9. The summed E-state index contributed by atoms with van der Waals surface area (Å²) in [6, 6.07) is 0. The molecule has 8 nitrogen and oxygen atoms in total. The number of nitrogens with one attached hydrogen (secondary N) is 1. The Hall–Kier alpha value is -2.25. The van der Waals surface area contributed by atoms with Crippen LogP contribution in [0.4, 0.5) is 4.79 Å². The predicted molar refractivity (Wildman–Crippen MR) is 107 cm³/mol. The van der Waals surface area contributed by atoms with Crippen molar-refractivity contribution in [3.8, 4) is 0 Å². The number of aryl methyl sites for hydroxylation is 2. The summed E-state index contributed by atoms with van der Waals surface area (Å²) >= 11 is 0. The van der Waals surface area contributed by atoms with Gasteiger partial charge in [-0.1, -0.05) is 13.8 Å². The third-order valence-electron chi connectivity index (χ3n) is 4.85. The first kappa shape index (κ1) is 21.1. The molecule has 1 saturated heterocycles. The zero-order chi connectivity index (χ0) is 19.8. The van der Waals surface area contributed by atoms with Crippen molar-refractivity contribution in [1.82, 2.24) is 24.9 Å². The highest BCUT2D eigenvalue weighted by Gasteiger charge is 2.24. The number of aromatic nitrogens is 2. The number of nitrogens with zero attached hydrogens (tertiary/aromatic N) is 5. The van der Waals surface area contributed by atoms with Crippen LogP contribution in [-0.2, 0) is 31.2 Å². The van der Waals surface area contributed by atoms with E-state index in [4.69, 9.17) is 9.73 Å². The van der Waals surface area contributed by atoms with E-state index in [0.29, 0.717) is 26.2 Å². The molecule has 0 radical (unpaired) electrons. The Labute approximate surface area is 162 Å². The van der Waals surface area contributed by atoms with Gasteiger partial charge in [-0.15, -0.1) is 0 Å². The standard InChI is InChI=1S/C19H34N6O2/c1-6-16-15(17(7-2)23(5)22-16)14-21-18(20-8-3)24-10-12-25(13-11-24)19(26)27-9-4/h6-14H2,1-5H3,(H,20,21). The van der Waals surface area contributed by atoms with Crippen LogP contribution in [0.1, 0.15) is 44.6 Å². The zero-order valence-electron chi connectivity index (χ0n) is 17.4. The minimum Gasteiger partial charge on any atom is -0.450 e. The molecule has 1 aromatic rings. The quantitative estimate of drug-likeness (QED) is 0.603. The third-order valence-corrected chi connectivity index (χ3v) is 4.85. The average molecular weight is 379 g/mol. The number of carbonyl (C=O) groups is 1. The van der Waals surface area contributed by atoms with Crippen LogP contribution >= 0.6 is 0 Å². The molecule has 1 aromatic heterocycles. The Bertz CT molecular complexity index is 647. The van der Waals surface area contributed by atoms with Crippen molar-refractivity contribution in [2.45, 2.75) is 47.1 Å². The number of rotatable bonds is 6. The number of hydrogen-bond acceptors (Lipinski definition) is 4. The van der Waals surface area contributed by atoms with Crippen molar-refractivity contribution in [3.05, 3.63) is 17.0 Å². The van der Waals surface area contributed by atoms with Gasteiger partial charge in [-0.2, -0.15) is 5.10 Å². The van der Waals surface area contributed by atoms with E-state index in [-0.39, 0.29) is 6.09 Å². The lowest BCUT2D eigenvalue weighted by molar-refractivity contribution is 0.0914. The summed E-state index contributed by atoms with van der Waals surface area (Å²) in [5, 5.41) is 8.03. The molecule has 152 valence electrons. The number of carbonyl (C=O) groups excluding carboxylic acids is 1. The number of guanidine groups is 1. The lowest BCUT2D eigenvalue weighted by Gasteiger charge is -2.35. The number of hydrogen-bond donors (Lipinski definition) is 1. The normalized spacial score (nSPS) is 15.2. The molecule has 0 atom stereocenters. The molecule has 0 aliphatic carbocycles. The summed E-state index contributed by atoms with van der Waals surface area (Å²) in [5.41, 5.74) is 3.61. The molecule has 1 aliphatic rings. The molecule has 0 unspecified atom stereocenters. The van der Waals surface area contributed by atoms with Crippen molar-refractivity contribution >= 4 is 12.1 Å². The fourth-order valence-corrected chi connectivity index (χ4v) is 3.47. The van der Waals surface area contributed by atoms with Crippen molar-refractivity contribution in [2.75, 3.05) is 39.3 Å². The predicted octanol–water partition coefficient (Wildman–Crippen LogP) is 1.78. The Balaban J connectivity index is 2.09. The van der Waals surface area contributed by atoms with Crippen molar-refractivity contribution in [3.63, 3.8) is 0 Å². The van der Waals surface area contributed by atoms with E-state index in [1.807, 2.05) is 18.7 Å². The van der Waals surface area contributed by atoms with Crippen LogP contribution in [0.3, 0.4) is 0 Å². The molecule has 27 heavy (non-hydrogen) atoms. The highest BCUT2D eigenvalue weighted by atomic mass is 16.6. The fraction of sp³-hybridized carbons (Fsp3) is 0.737. The molecule has 0 aromatic carbocycles. The van der Waals surface area contributed by atoms with Gasteiger partial charge in [-0.3, -0.25) is 4.68 Å². The van der Waals surface area contributed by atoms with Gasteiger partial charge in [0.2, 0.25) is 0 Å². The van der Waals surface area contributed by atoms with Gasteiger partial charge in [0.1, 0.15) is 0 Å². The van der Waals surface area contributed by atoms with Gasteiger partial charge in [-0.05, 0) is 26.7 Å². The van der Waals surface area contributed by atoms with Crippen LogP contribution in [0.2, 0.25) is 0 Å². The largest absolute Gasteiger partial charge is 0.450 e. The number of piperazine rings is 1. The summed E-state index contributed by atoms with van der Waals surface area (Å²) in [6.07, 6.45) is 1.63. The molecular weight excluding hydrogens is 344 g/mol. The van der Waals surface area contributed by atoms with Crippen LogP contribution in [0.5, 0.6) is 0 Å². The van der Waals surface area contributed by atoms with Crippen molar-refractivity contribution < 1.29 is 9.53 Å². The van der Waals surface area contributed by atoms with E-state index in [1.54, 1.807) is 4.90 Å². The Morgan fingerprint density at radius 3 is 2.33 bits per heavy atom. The fourth-order valence-electron chi connectivity index (χ4n) is 3.47. The van der Waals surface area contributed by atoms with Crippen LogP contribution in [0, 0.1) is 0 Å². The molecule has 0 saturated carbocycles. The summed E-state index contributed by atoms with van der Waals surface area (Å²) in [7, 11) is 2.00. The van der Waals surface area contributed by atoms with E-state index >= 15 is 0 Å². The molecule has 0 spiro atoms. The summed E-state index contributed by atoms with van der Waals surface area (Å²) in [4.78, 5) is 20.7. The van der Waals surface area contributed by atoms with Gasteiger partial charge in [0.25, 0.3) is 0 Å². The maximum absolute atomic E-state index is 11.9. The second-order valence-corrected chi connectivity index (χ2v) is 6.55. The average Bonchev–Trinajstić information content (AvgIpc) is 3.00. The van der Waals surface area contributed by atoms with Crippen molar-refractivity contribution in [2.24, 2.45) is 12.0 Å². The van der Waals surface area contributed by atoms with Crippen LogP contribution in [0.25, 0.3) is 0 Å². The third kappa shape index (κ3) is 5.14. The SMILES string of the molecule is CCNC(=NCc1c(CC)nn(C)c1CC)N1CCN(C(=O)OCC)CC1. The Morgan fingerprint density at radius 2 is 1.78 bits per heavy atom. The minimum atomic E-state index is -0.227. The topological polar surface area (TPSA) is 75.0 Å². The molecular formula is C19H34N6O2. The minimum absolute atomic E-state index is 0.227. The first-order valence-corrected chi connectivity index (χ1v) is 10.0. The first-order chi connectivity index (χ1) is 13.0. The molecule has 1 fully saturated rings. The molecule has 8 heteroatoms. The number of aliphatic imine (C=N–C) groups is 1. The molecule has 2 rings (SSSR count). The molecule has 1 amide bonds. The molecule has 0 bridgehead atoms. The Morgan fingerprint density at radius 1 is 1.11 bits per heavy atom. The van der Waals surface area contributed by atoms with Gasteiger partial charge in [0.15, 0.2) is 5.96 Å². The Kier molecular flexibility index (Phi) is 7.94. The monoisotopic (exact) mass is 378 g/mol. The van der Waals surface area contributed by atoms with E-state index in [2.05, 4.69) is 36.1 Å². The first-order valence-electron chi connectivity index (χ1n) is 10.0. The van der Waals surface area contributed by atoms with E-state index in [1.165, 1.54) is 11.3 Å².